The number of benzene rings is 2. The molecule has 5 nitrogen and oxygen atoms in total. The van der Waals surface area contributed by atoms with Gasteiger partial charge in [-0.15, -0.1) is 11.8 Å². The Morgan fingerprint density at radius 1 is 1.04 bits per heavy atom. The molecule has 6 heteroatoms. The van der Waals surface area contributed by atoms with Crippen molar-refractivity contribution in [1.82, 2.24) is 4.90 Å². The SMILES string of the molecule is CSc1ccc(C(=O)O[C@@H](C(=O)N2CCOCC2)c2ccccc2)cc1. The molecule has 0 N–H and O–H groups in total. The van der Waals surface area contributed by atoms with Crippen LogP contribution < -0.4 is 0 Å². The Morgan fingerprint density at radius 2 is 1.69 bits per heavy atom. The zero-order valence-electron chi connectivity index (χ0n) is 14.6. The minimum absolute atomic E-state index is 0.214. The number of hydrogen-bond acceptors (Lipinski definition) is 5. The smallest absolute Gasteiger partial charge is 0.339 e. The Morgan fingerprint density at radius 3 is 2.31 bits per heavy atom. The van der Waals surface area contributed by atoms with Crippen molar-refractivity contribution >= 4 is 23.6 Å². The Kier molecular flexibility index (Phi) is 6.30. The van der Waals surface area contributed by atoms with Crippen LogP contribution in [0.2, 0.25) is 0 Å². The molecule has 1 atom stereocenters. The molecule has 2 aromatic carbocycles. The van der Waals surface area contributed by atoms with Crippen molar-refractivity contribution < 1.29 is 19.1 Å². The number of amides is 1. The highest BCUT2D eigenvalue weighted by molar-refractivity contribution is 7.98. The Labute approximate surface area is 157 Å². The molecule has 0 radical (unpaired) electrons. The maximum Gasteiger partial charge on any atom is 0.339 e. The van der Waals surface area contributed by atoms with E-state index in [-0.39, 0.29) is 5.91 Å². The number of thioether (sulfide) groups is 1. The number of carbonyl (C=O) groups excluding carboxylic acids is 2. The lowest BCUT2D eigenvalue weighted by atomic mass is 10.1. The lowest BCUT2D eigenvalue weighted by Gasteiger charge is -2.30. The summed E-state index contributed by atoms with van der Waals surface area (Å²) in [6.07, 6.45) is 1.02. The summed E-state index contributed by atoms with van der Waals surface area (Å²) < 4.78 is 10.9. The molecule has 0 aliphatic carbocycles. The van der Waals surface area contributed by atoms with Gasteiger partial charge in [0.25, 0.3) is 5.91 Å². The van der Waals surface area contributed by atoms with Gasteiger partial charge in [-0.3, -0.25) is 4.79 Å². The number of ether oxygens (including phenoxy) is 2. The molecule has 0 spiro atoms. The quantitative estimate of drug-likeness (QED) is 0.597. The zero-order chi connectivity index (χ0) is 18.4. The molecule has 26 heavy (non-hydrogen) atoms. The number of nitrogens with zero attached hydrogens (tertiary/aromatic N) is 1. The van der Waals surface area contributed by atoms with E-state index in [1.807, 2.05) is 36.6 Å². The summed E-state index contributed by atoms with van der Waals surface area (Å²) in [4.78, 5) is 28.3. The molecule has 1 aliphatic rings. The van der Waals surface area contributed by atoms with Gasteiger partial charge in [0.15, 0.2) is 0 Å². The van der Waals surface area contributed by atoms with Crippen molar-refractivity contribution in [2.24, 2.45) is 0 Å². The fraction of sp³-hybridized carbons (Fsp3) is 0.300. The fourth-order valence-electron chi connectivity index (χ4n) is 2.74. The van der Waals surface area contributed by atoms with Crippen LogP contribution >= 0.6 is 11.8 Å². The third-order valence-corrected chi connectivity index (χ3v) is 4.94. The zero-order valence-corrected chi connectivity index (χ0v) is 15.4. The first-order chi connectivity index (χ1) is 12.7. The number of carbonyl (C=O) groups is 2. The van der Waals surface area contributed by atoms with Crippen molar-refractivity contribution in [3.63, 3.8) is 0 Å². The van der Waals surface area contributed by atoms with Gasteiger partial charge >= 0.3 is 5.97 Å². The van der Waals surface area contributed by atoms with Crippen LogP contribution in [0.1, 0.15) is 22.0 Å². The maximum atomic E-state index is 13.0. The first-order valence-electron chi connectivity index (χ1n) is 8.45. The van der Waals surface area contributed by atoms with Crippen molar-refractivity contribution in [2.45, 2.75) is 11.0 Å². The average Bonchev–Trinajstić information content (AvgIpc) is 2.72. The van der Waals surface area contributed by atoms with Crippen LogP contribution in [-0.2, 0) is 14.3 Å². The van der Waals surface area contributed by atoms with Gasteiger partial charge < -0.3 is 14.4 Å². The van der Waals surface area contributed by atoms with E-state index < -0.39 is 12.1 Å². The Hall–Kier alpha value is -2.31. The number of morpholine rings is 1. The molecule has 1 fully saturated rings. The third-order valence-electron chi connectivity index (χ3n) is 4.20. The van der Waals surface area contributed by atoms with Crippen LogP contribution in [0.3, 0.4) is 0 Å². The summed E-state index contributed by atoms with van der Waals surface area (Å²) in [5.41, 5.74) is 1.09. The van der Waals surface area contributed by atoms with Crippen LogP contribution in [-0.4, -0.2) is 49.3 Å². The molecule has 136 valence electrons. The third kappa shape index (κ3) is 4.45. The molecule has 1 heterocycles. The summed E-state index contributed by atoms with van der Waals surface area (Å²) >= 11 is 1.60. The van der Waals surface area contributed by atoms with Crippen molar-refractivity contribution in [1.29, 1.82) is 0 Å². The highest BCUT2D eigenvalue weighted by atomic mass is 32.2. The van der Waals surface area contributed by atoms with E-state index in [0.29, 0.717) is 37.4 Å². The van der Waals surface area contributed by atoms with Gasteiger partial charge in [0.2, 0.25) is 6.10 Å². The van der Waals surface area contributed by atoms with Gasteiger partial charge in [-0.25, -0.2) is 4.79 Å². The van der Waals surface area contributed by atoms with Crippen LogP contribution in [0.5, 0.6) is 0 Å². The first-order valence-corrected chi connectivity index (χ1v) is 9.68. The van der Waals surface area contributed by atoms with Crippen LogP contribution in [0.15, 0.2) is 59.5 Å². The normalized spacial score (nSPS) is 15.3. The van der Waals surface area contributed by atoms with Gasteiger partial charge in [0.05, 0.1) is 18.8 Å². The second kappa shape index (κ2) is 8.87. The van der Waals surface area contributed by atoms with E-state index in [1.54, 1.807) is 40.9 Å². The standard InChI is InChI=1S/C20H21NO4S/c1-26-17-9-7-16(8-10-17)20(23)25-18(15-5-3-2-4-6-15)19(22)21-11-13-24-14-12-21/h2-10,18H,11-14H2,1H3/t18-/m1/s1. The van der Waals surface area contributed by atoms with Crippen molar-refractivity contribution in [2.75, 3.05) is 32.6 Å². The predicted octanol–water partition coefficient (Wildman–Crippen LogP) is 3.17. The second-order valence-electron chi connectivity index (χ2n) is 5.86. The number of esters is 1. The minimum Gasteiger partial charge on any atom is -0.444 e. The molecule has 1 amide bonds. The van der Waals surface area contributed by atoms with Crippen LogP contribution in [0.25, 0.3) is 0 Å². The van der Waals surface area contributed by atoms with Gasteiger partial charge in [-0.2, -0.15) is 0 Å². The molecular weight excluding hydrogens is 350 g/mol. The van der Waals surface area contributed by atoms with E-state index >= 15 is 0 Å². The highest BCUT2D eigenvalue weighted by Crippen LogP contribution is 2.23. The summed E-state index contributed by atoms with van der Waals surface area (Å²) in [7, 11) is 0. The van der Waals surface area contributed by atoms with Crippen LogP contribution in [0, 0.1) is 0 Å². The van der Waals surface area contributed by atoms with E-state index in [1.165, 1.54) is 0 Å². The lowest BCUT2D eigenvalue weighted by Crippen LogP contribution is -2.44. The summed E-state index contributed by atoms with van der Waals surface area (Å²) in [6, 6.07) is 16.3. The second-order valence-corrected chi connectivity index (χ2v) is 6.74. The first kappa shape index (κ1) is 18.5. The van der Waals surface area contributed by atoms with Crippen molar-refractivity contribution in [3.8, 4) is 0 Å². The van der Waals surface area contributed by atoms with Gasteiger partial charge in [0.1, 0.15) is 0 Å². The number of hydrogen-bond donors (Lipinski definition) is 0. The molecule has 3 rings (SSSR count). The van der Waals surface area contributed by atoms with E-state index in [4.69, 9.17) is 9.47 Å². The summed E-state index contributed by atoms with van der Waals surface area (Å²) in [6.45, 7) is 2.00. The molecule has 1 saturated heterocycles. The molecule has 0 saturated carbocycles. The average molecular weight is 371 g/mol. The van der Waals surface area contributed by atoms with E-state index in [2.05, 4.69) is 0 Å². The topological polar surface area (TPSA) is 55.8 Å². The maximum absolute atomic E-state index is 13.0. The van der Waals surface area contributed by atoms with Crippen molar-refractivity contribution in [3.05, 3.63) is 65.7 Å². The van der Waals surface area contributed by atoms with E-state index in [0.717, 1.165) is 4.90 Å². The lowest BCUT2D eigenvalue weighted by molar-refractivity contribution is -0.145. The number of rotatable bonds is 5. The molecule has 1 aliphatic heterocycles. The van der Waals surface area contributed by atoms with E-state index in [9.17, 15) is 9.59 Å². The minimum atomic E-state index is -0.956. The Bertz CT molecular complexity index is 742. The molecule has 0 aromatic heterocycles. The molecule has 0 bridgehead atoms. The molecule has 2 aromatic rings. The Balaban J connectivity index is 1.80. The molecular formula is C20H21NO4S. The van der Waals surface area contributed by atoms with Crippen LogP contribution in [0.4, 0.5) is 0 Å². The molecule has 0 unspecified atom stereocenters. The van der Waals surface area contributed by atoms with Gasteiger partial charge in [-0.1, -0.05) is 30.3 Å². The summed E-state index contributed by atoms with van der Waals surface area (Å²) in [5.74, 6) is -0.721. The monoisotopic (exact) mass is 371 g/mol. The highest BCUT2D eigenvalue weighted by Gasteiger charge is 2.30. The predicted molar refractivity (Wildman–Crippen MR) is 100 cm³/mol. The largest absolute Gasteiger partial charge is 0.444 e. The summed E-state index contributed by atoms with van der Waals surface area (Å²) in [5, 5.41) is 0. The fourth-order valence-corrected chi connectivity index (χ4v) is 3.15. The van der Waals surface area contributed by atoms with Gasteiger partial charge in [-0.05, 0) is 30.5 Å². The van der Waals surface area contributed by atoms with Gasteiger partial charge in [0, 0.05) is 23.5 Å².